The van der Waals surface area contributed by atoms with Crippen LogP contribution in [0.2, 0.25) is 0 Å². The summed E-state index contributed by atoms with van der Waals surface area (Å²) < 4.78 is 32.6. The molecule has 0 aliphatic heterocycles. The minimum Gasteiger partial charge on any atom is -0.744 e. The SMILES string of the molecule is Cc1ccc(S(=O)(=O)[O-])cc1.N[n+]1ccc2ccccc2c1C(=O)c1ccccc1. The summed E-state index contributed by atoms with van der Waals surface area (Å²) in [5, 5.41) is 1.87. The number of ketones is 1. The molecule has 0 aliphatic rings. The Morgan fingerprint density at radius 3 is 2.10 bits per heavy atom. The molecule has 3 aromatic carbocycles. The lowest BCUT2D eigenvalue weighted by atomic mass is 10.0. The van der Waals surface area contributed by atoms with Crippen molar-refractivity contribution in [3.05, 3.63) is 108 Å². The molecular formula is C23H20N2O4S. The van der Waals surface area contributed by atoms with Crippen LogP contribution in [0.1, 0.15) is 21.6 Å². The van der Waals surface area contributed by atoms with Crippen molar-refractivity contribution in [2.24, 2.45) is 0 Å². The summed E-state index contributed by atoms with van der Waals surface area (Å²) in [4.78, 5) is 12.4. The van der Waals surface area contributed by atoms with E-state index in [0.717, 1.165) is 16.3 Å². The second-order valence-electron chi connectivity index (χ2n) is 6.62. The van der Waals surface area contributed by atoms with E-state index < -0.39 is 10.1 Å². The summed E-state index contributed by atoms with van der Waals surface area (Å²) >= 11 is 0. The number of hydrogen-bond donors (Lipinski definition) is 1. The number of fused-ring (bicyclic) bond motifs is 1. The molecule has 0 fully saturated rings. The third-order valence-corrected chi connectivity index (χ3v) is 5.30. The fourth-order valence-corrected chi connectivity index (χ4v) is 3.37. The van der Waals surface area contributed by atoms with Gasteiger partial charge >= 0.3 is 0 Å². The first-order chi connectivity index (χ1) is 14.3. The molecule has 1 aromatic heterocycles. The van der Waals surface area contributed by atoms with E-state index in [1.54, 1.807) is 30.5 Å². The highest BCUT2D eigenvalue weighted by Crippen LogP contribution is 2.17. The monoisotopic (exact) mass is 420 g/mol. The summed E-state index contributed by atoms with van der Waals surface area (Å²) in [7, 11) is -4.27. The molecule has 30 heavy (non-hydrogen) atoms. The molecule has 4 aromatic rings. The zero-order valence-corrected chi connectivity index (χ0v) is 17.0. The predicted octanol–water partition coefficient (Wildman–Crippen LogP) is 2.97. The second-order valence-corrected chi connectivity index (χ2v) is 8.00. The second kappa shape index (κ2) is 8.86. The van der Waals surface area contributed by atoms with Crippen molar-refractivity contribution in [2.45, 2.75) is 11.8 Å². The number of nitrogens with two attached hydrogens (primary N) is 1. The lowest BCUT2D eigenvalue weighted by molar-refractivity contribution is -0.639. The number of rotatable bonds is 3. The Kier molecular flexibility index (Phi) is 6.25. The Morgan fingerprint density at radius 1 is 0.867 bits per heavy atom. The van der Waals surface area contributed by atoms with Crippen LogP contribution < -0.4 is 10.5 Å². The Balaban J connectivity index is 0.000000199. The van der Waals surface area contributed by atoms with Gasteiger partial charge in [0.25, 0.3) is 11.5 Å². The van der Waals surface area contributed by atoms with Crippen molar-refractivity contribution in [2.75, 3.05) is 5.84 Å². The minimum absolute atomic E-state index is 0.0695. The number of carbonyl (C=O) groups excluding carboxylic acids is 1. The van der Waals surface area contributed by atoms with Crippen LogP contribution in [0, 0.1) is 6.92 Å². The molecule has 0 bridgehead atoms. The number of aromatic nitrogens is 1. The third-order valence-electron chi connectivity index (χ3n) is 4.45. The van der Waals surface area contributed by atoms with Gasteiger partial charge in [-0.25, -0.2) is 14.3 Å². The number of hydrogen-bond acceptors (Lipinski definition) is 5. The van der Waals surface area contributed by atoms with Crippen molar-refractivity contribution in [1.29, 1.82) is 0 Å². The molecule has 0 amide bonds. The number of carbonyl (C=O) groups is 1. The average molecular weight is 420 g/mol. The fourth-order valence-electron chi connectivity index (χ4n) is 2.90. The van der Waals surface area contributed by atoms with Crippen LogP contribution in [-0.4, -0.2) is 18.8 Å². The van der Waals surface area contributed by atoms with Gasteiger partial charge in [-0.1, -0.05) is 70.9 Å². The molecule has 2 N–H and O–H groups in total. The highest BCUT2D eigenvalue weighted by Gasteiger charge is 2.23. The van der Waals surface area contributed by atoms with E-state index in [-0.39, 0.29) is 10.7 Å². The Labute approximate surface area is 174 Å². The number of pyridine rings is 1. The van der Waals surface area contributed by atoms with Gasteiger partial charge in [-0.2, -0.15) is 0 Å². The first kappa shape index (κ1) is 21.2. The maximum absolute atomic E-state index is 12.6. The van der Waals surface area contributed by atoms with Gasteiger partial charge in [-0.3, -0.25) is 4.79 Å². The Bertz CT molecular complexity index is 1290. The number of benzene rings is 3. The molecule has 6 nitrogen and oxygen atoms in total. The van der Waals surface area contributed by atoms with Gasteiger partial charge < -0.3 is 4.55 Å². The van der Waals surface area contributed by atoms with Crippen LogP contribution >= 0.6 is 0 Å². The van der Waals surface area contributed by atoms with E-state index in [4.69, 9.17) is 5.84 Å². The smallest absolute Gasteiger partial charge is 0.290 e. The molecule has 1 heterocycles. The molecule has 7 heteroatoms. The molecule has 0 saturated heterocycles. The maximum atomic E-state index is 12.6. The van der Waals surface area contributed by atoms with Gasteiger partial charge in [0.1, 0.15) is 10.1 Å². The molecule has 0 unspecified atom stereocenters. The summed E-state index contributed by atoms with van der Waals surface area (Å²) in [5.74, 6) is 5.85. The number of nitrogens with zero attached hydrogens (tertiary/aromatic N) is 1. The van der Waals surface area contributed by atoms with Crippen LogP contribution in [0.4, 0.5) is 0 Å². The van der Waals surface area contributed by atoms with E-state index in [9.17, 15) is 17.8 Å². The normalized spacial score (nSPS) is 10.9. The summed E-state index contributed by atoms with van der Waals surface area (Å²) in [6.07, 6.45) is 1.71. The maximum Gasteiger partial charge on any atom is 0.290 e. The lowest BCUT2D eigenvalue weighted by Gasteiger charge is -2.05. The lowest BCUT2D eigenvalue weighted by Crippen LogP contribution is -2.49. The quantitative estimate of drug-likeness (QED) is 0.237. The molecule has 4 rings (SSSR count). The summed E-state index contributed by atoms with van der Waals surface area (Å²) in [6.45, 7) is 1.82. The van der Waals surface area contributed by atoms with E-state index >= 15 is 0 Å². The Hall–Kier alpha value is -3.55. The average Bonchev–Trinajstić information content (AvgIpc) is 2.74. The predicted molar refractivity (Wildman–Crippen MR) is 113 cm³/mol. The highest BCUT2D eigenvalue weighted by atomic mass is 32.2. The fraction of sp³-hybridized carbons (Fsp3) is 0.0435. The minimum atomic E-state index is -4.27. The number of nitrogen functional groups attached to an aromatic ring is 1. The van der Waals surface area contributed by atoms with Crippen LogP contribution in [0.5, 0.6) is 0 Å². The molecular weight excluding hydrogens is 400 g/mol. The molecule has 0 spiro atoms. The number of aryl methyl sites for hydroxylation is 1. The standard InChI is InChI=1S/C16H12N2O.C7H8O3S/c17-18-11-10-12-6-4-5-9-14(12)15(18)16(19)13-7-2-1-3-8-13;1-6-2-4-7(5-3-6)11(8,9)10/h1-11H,(H-,17,19);2-5H,1H3,(H,8,9,10). The van der Waals surface area contributed by atoms with Crippen LogP contribution in [-0.2, 0) is 10.1 Å². The molecule has 0 saturated carbocycles. The van der Waals surface area contributed by atoms with Crippen LogP contribution in [0.25, 0.3) is 10.8 Å². The Morgan fingerprint density at radius 2 is 1.47 bits per heavy atom. The summed E-state index contributed by atoms with van der Waals surface area (Å²) in [6, 6.07) is 24.6. The molecule has 152 valence electrons. The van der Waals surface area contributed by atoms with E-state index in [1.165, 1.54) is 16.8 Å². The van der Waals surface area contributed by atoms with Crippen molar-refractivity contribution >= 4 is 26.7 Å². The van der Waals surface area contributed by atoms with Gasteiger partial charge in [-0.15, -0.1) is 0 Å². The van der Waals surface area contributed by atoms with Gasteiger partial charge in [0.2, 0.25) is 6.20 Å². The van der Waals surface area contributed by atoms with Crippen molar-refractivity contribution in [3.63, 3.8) is 0 Å². The first-order valence-electron chi connectivity index (χ1n) is 9.08. The molecule has 0 radical (unpaired) electrons. The van der Waals surface area contributed by atoms with E-state index in [2.05, 4.69) is 0 Å². The van der Waals surface area contributed by atoms with Crippen molar-refractivity contribution in [3.8, 4) is 0 Å². The zero-order valence-electron chi connectivity index (χ0n) is 16.2. The zero-order chi connectivity index (χ0) is 21.7. The molecule has 0 atom stereocenters. The first-order valence-corrected chi connectivity index (χ1v) is 10.5. The van der Waals surface area contributed by atoms with Gasteiger partial charge in [-0.05, 0) is 30.5 Å². The van der Waals surface area contributed by atoms with Crippen molar-refractivity contribution < 1.29 is 22.4 Å². The van der Waals surface area contributed by atoms with Gasteiger partial charge in [0.05, 0.1) is 10.3 Å². The third kappa shape index (κ3) is 4.89. The van der Waals surface area contributed by atoms with Gasteiger partial charge in [0, 0.05) is 11.6 Å². The highest BCUT2D eigenvalue weighted by molar-refractivity contribution is 7.85. The van der Waals surface area contributed by atoms with Crippen LogP contribution in [0.3, 0.4) is 0 Å². The molecule has 0 aliphatic carbocycles. The van der Waals surface area contributed by atoms with Crippen LogP contribution in [0.15, 0.2) is 96.0 Å². The van der Waals surface area contributed by atoms with Crippen molar-refractivity contribution in [1.82, 2.24) is 0 Å². The van der Waals surface area contributed by atoms with E-state index in [0.29, 0.717) is 11.3 Å². The summed E-state index contributed by atoms with van der Waals surface area (Å²) in [5.41, 5.74) is 2.07. The largest absolute Gasteiger partial charge is 0.744 e. The van der Waals surface area contributed by atoms with Gasteiger partial charge in [0.15, 0.2) is 0 Å². The topological polar surface area (TPSA) is 104 Å². The van der Waals surface area contributed by atoms with E-state index in [1.807, 2.05) is 55.5 Å².